The molecule has 0 atom stereocenters. The van der Waals surface area contributed by atoms with Crippen molar-refractivity contribution in [1.29, 1.82) is 0 Å². The lowest BCUT2D eigenvalue weighted by Gasteiger charge is -2.04. The topological polar surface area (TPSA) is 74.8 Å². The highest BCUT2D eigenvalue weighted by Crippen LogP contribution is 2.27. The molecule has 24 heavy (non-hydrogen) atoms. The van der Waals surface area contributed by atoms with Crippen LogP contribution in [0.5, 0.6) is 0 Å². The number of nitrogens with zero attached hydrogens (tertiary/aromatic N) is 1. The quantitative estimate of drug-likeness (QED) is 0.550. The molecule has 2 N–H and O–H groups in total. The van der Waals surface area contributed by atoms with E-state index in [1.807, 2.05) is 13.8 Å². The first kappa shape index (κ1) is 16.7. The van der Waals surface area contributed by atoms with Crippen molar-refractivity contribution >= 4 is 44.9 Å². The zero-order chi connectivity index (χ0) is 17.3. The van der Waals surface area contributed by atoms with E-state index < -0.39 is 0 Å². The van der Waals surface area contributed by atoms with Gasteiger partial charge >= 0.3 is 0 Å². The number of carbonyl (C=O) groups excluding carboxylic acids is 1. The summed E-state index contributed by atoms with van der Waals surface area (Å²) in [5, 5.41) is 3.68. The molecule has 0 aliphatic heterocycles. The molecular formula is C16H14FN3O2S2. The third kappa shape index (κ3) is 3.49. The van der Waals surface area contributed by atoms with Crippen LogP contribution in [0, 0.1) is 19.7 Å². The van der Waals surface area contributed by atoms with Gasteiger partial charge in [-0.2, -0.15) is 0 Å². The smallest absolute Gasteiger partial charge is 0.260 e. The number of carbonyl (C=O) groups is 1. The van der Waals surface area contributed by atoms with Crippen LogP contribution in [0.15, 0.2) is 34.2 Å². The molecule has 2 aromatic heterocycles. The Balaban J connectivity index is 1.70. The minimum Gasteiger partial charge on any atom is -0.325 e. The molecule has 124 valence electrons. The lowest BCUT2D eigenvalue weighted by Crippen LogP contribution is -2.15. The van der Waals surface area contributed by atoms with E-state index >= 15 is 0 Å². The van der Waals surface area contributed by atoms with Gasteiger partial charge in [-0.05, 0) is 43.7 Å². The summed E-state index contributed by atoms with van der Waals surface area (Å²) >= 11 is 2.61. The van der Waals surface area contributed by atoms with Crippen LogP contribution in [0.3, 0.4) is 0 Å². The monoisotopic (exact) mass is 363 g/mol. The summed E-state index contributed by atoms with van der Waals surface area (Å²) in [7, 11) is 0. The molecule has 3 rings (SSSR count). The fourth-order valence-corrected chi connectivity index (χ4v) is 3.92. The Morgan fingerprint density at radius 2 is 2.04 bits per heavy atom. The molecule has 0 aliphatic rings. The highest BCUT2D eigenvalue weighted by molar-refractivity contribution is 7.99. The van der Waals surface area contributed by atoms with E-state index in [1.165, 1.54) is 35.6 Å². The maximum absolute atomic E-state index is 12.8. The normalized spacial score (nSPS) is 11.0. The van der Waals surface area contributed by atoms with Crippen molar-refractivity contribution in [1.82, 2.24) is 9.97 Å². The number of hydrogen-bond acceptors (Lipinski definition) is 5. The van der Waals surface area contributed by atoms with Gasteiger partial charge in [0.15, 0.2) is 5.16 Å². The Morgan fingerprint density at radius 1 is 1.33 bits per heavy atom. The first-order valence-electron chi connectivity index (χ1n) is 7.12. The van der Waals surface area contributed by atoms with E-state index in [-0.39, 0.29) is 23.0 Å². The first-order chi connectivity index (χ1) is 11.4. The first-order valence-corrected chi connectivity index (χ1v) is 8.92. The van der Waals surface area contributed by atoms with E-state index in [1.54, 1.807) is 0 Å². The fourth-order valence-electron chi connectivity index (χ4n) is 2.17. The molecule has 3 aromatic rings. The largest absolute Gasteiger partial charge is 0.325 e. The summed E-state index contributed by atoms with van der Waals surface area (Å²) in [4.78, 5) is 32.9. The SMILES string of the molecule is Cc1sc2nc(SCC(=O)Nc3ccc(F)cc3)[nH]c(=O)c2c1C. The molecule has 0 aliphatic carbocycles. The minimum absolute atomic E-state index is 0.0924. The number of thioether (sulfide) groups is 1. The summed E-state index contributed by atoms with van der Waals surface area (Å²) in [5.41, 5.74) is 1.26. The van der Waals surface area contributed by atoms with Crippen LogP contribution in [-0.2, 0) is 4.79 Å². The number of benzene rings is 1. The number of anilines is 1. The second-order valence-corrected chi connectivity index (χ2v) is 7.35. The van der Waals surface area contributed by atoms with E-state index in [4.69, 9.17) is 0 Å². The van der Waals surface area contributed by atoms with Crippen molar-refractivity contribution in [2.75, 3.05) is 11.1 Å². The third-order valence-corrected chi connectivity index (χ3v) is 5.46. The number of hydrogen-bond donors (Lipinski definition) is 2. The Morgan fingerprint density at radius 3 is 2.75 bits per heavy atom. The number of aromatic nitrogens is 2. The predicted molar refractivity (Wildman–Crippen MR) is 95.5 cm³/mol. The number of rotatable bonds is 4. The minimum atomic E-state index is -0.362. The third-order valence-electron chi connectivity index (χ3n) is 3.49. The number of aromatic amines is 1. The molecule has 0 spiro atoms. The fraction of sp³-hybridized carbons (Fsp3) is 0.188. The van der Waals surface area contributed by atoms with Crippen LogP contribution >= 0.6 is 23.1 Å². The number of aryl methyl sites for hydroxylation is 2. The summed E-state index contributed by atoms with van der Waals surface area (Å²) in [6, 6.07) is 5.52. The molecule has 0 fully saturated rings. The van der Waals surface area contributed by atoms with Gasteiger partial charge in [-0.3, -0.25) is 9.59 Å². The lowest BCUT2D eigenvalue weighted by atomic mass is 10.2. The van der Waals surface area contributed by atoms with E-state index in [0.717, 1.165) is 22.2 Å². The lowest BCUT2D eigenvalue weighted by molar-refractivity contribution is -0.113. The van der Waals surface area contributed by atoms with Gasteiger partial charge in [0.2, 0.25) is 5.91 Å². The van der Waals surface area contributed by atoms with Gasteiger partial charge in [-0.25, -0.2) is 9.37 Å². The zero-order valence-electron chi connectivity index (χ0n) is 13.0. The van der Waals surface area contributed by atoms with Crippen LogP contribution in [-0.4, -0.2) is 21.6 Å². The van der Waals surface area contributed by atoms with Crippen molar-refractivity contribution < 1.29 is 9.18 Å². The van der Waals surface area contributed by atoms with Crippen molar-refractivity contribution in [3.8, 4) is 0 Å². The van der Waals surface area contributed by atoms with Crippen LogP contribution in [0.1, 0.15) is 10.4 Å². The van der Waals surface area contributed by atoms with Crippen molar-refractivity contribution in [3.63, 3.8) is 0 Å². The van der Waals surface area contributed by atoms with Crippen LogP contribution in [0.2, 0.25) is 0 Å². The standard InChI is InChI=1S/C16H14FN3O2S2/c1-8-9(2)24-15-13(8)14(22)19-16(20-15)23-7-12(21)18-11-5-3-10(17)4-6-11/h3-6H,7H2,1-2H3,(H,18,21)(H,19,20,22). The van der Waals surface area contributed by atoms with Gasteiger partial charge in [-0.15, -0.1) is 11.3 Å². The molecule has 0 unspecified atom stereocenters. The van der Waals surface area contributed by atoms with Crippen molar-refractivity contribution in [2.45, 2.75) is 19.0 Å². The van der Waals surface area contributed by atoms with Crippen LogP contribution < -0.4 is 10.9 Å². The van der Waals surface area contributed by atoms with Crippen LogP contribution in [0.25, 0.3) is 10.2 Å². The van der Waals surface area contributed by atoms with E-state index in [2.05, 4.69) is 15.3 Å². The molecule has 1 amide bonds. The van der Waals surface area contributed by atoms with E-state index in [0.29, 0.717) is 21.1 Å². The molecule has 1 aromatic carbocycles. The van der Waals surface area contributed by atoms with Gasteiger partial charge in [0.05, 0.1) is 11.1 Å². The van der Waals surface area contributed by atoms with Gasteiger partial charge in [0.25, 0.3) is 5.56 Å². The number of thiophene rings is 1. The summed E-state index contributed by atoms with van der Waals surface area (Å²) in [5.74, 6) is -0.526. The summed E-state index contributed by atoms with van der Waals surface area (Å²) < 4.78 is 12.8. The Labute approximate surface area is 145 Å². The van der Waals surface area contributed by atoms with Gasteiger partial charge in [0, 0.05) is 10.6 Å². The molecule has 0 radical (unpaired) electrons. The molecule has 5 nitrogen and oxygen atoms in total. The molecule has 0 saturated carbocycles. The number of halogens is 1. The van der Waals surface area contributed by atoms with Crippen molar-refractivity contribution in [2.24, 2.45) is 0 Å². The van der Waals surface area contributed by atoms with Crippen LogP contribution in [0.4, 0.5) is 10.1 Å². The number of fused-ring (bicyclic) bond motifs is 1. The molecule has 8 heteroatoms. The Bertz CT molecular complexity index is 964. The van der Waals surface area contributed by atoms with E-state index in [9.17, 15) is 14.0 Å². The van der Waals surface area contributed by atoms with Gasteiger partial charge in [0.1, 0.15) is 10.6 Å². The zero-order valence-corrected chi connectivity index (χ0v) is 14.6. The number of H-pyrrole nitrogens is 1. The predicted octanol–water partition coefficient (Wildman–Crippen LogP) is 3.47. The highest BCUT2D eigenvalue weighted by Gasteiger charge is 2.13. The van der Waals surface area contributed by atoms with Crippen molar-refractivity contribution in [3.05, 3.63) is 50.9 Å². The number of amides is 1. The molecule has 0 saturated heterocycles. The molecule has 0 bridgehead atoms. The van der Waals surface area contributed by atoms with Gasteiger partial charge in [-0.1, -0.05) is 11.8 Å². The second-order valence-electron chi connectivity index (χ2n) is 5.18. The summed E-state index contributed by atoms with van der Waals surface area (Å²) in [6.45, 7) is 3.85. The average Bonchev–Trinajstić information content (AvgIpc) is 2.82. The second kappa shape index (κ2) is 6.74. The maximum atomic E-state index is 12.8. The highest BCUT2D eigenvalue weighted by atomic mass is 32.2. The average molecular weight is 363 g/mol. The van der Waals surface area contributed by atoms with Gasteiger partial charge < -0.3 is 10.3 Å². The molecular weight excluding hydrogens is 349 g/mol. The summed E-state index contributed by atoms with van der Waals surface area (Å²) in [6.07, 6.45) is 0. The Kier molecular flexibility index (Phi) is 4.68. The maximum Gasteiger partial charge on any atom is 0.260 e. The number of nitrogens with one attached hydrogen (secondary N) is 2. The Hall–Kier alpha value is -2.19. The molecule has 2 heterocycles.